The van der Waals surface area contributed by atoms with Gasteiger partial charge < -0.3 is 18.3 Å². The van der Waals surface area contributed by atoms with Crippen molar-refractivity contribution in [3.8, 4) is 11.5 Å². The summed E-state index contributed by atoms with van der Waals surface area (Å²) in [5.74, 6) is 0.316. The summed E-state index contributed by atoms with van der Waals surface area (Å²) in [7, 11) is 3.29. The molecular weight excluding hydrogens is 524 g/mol. The fraction of sp³-hybridized carbons (Fsp3) is 0.229. The number of imidazole rings is 2. The normalized spacial score (nSPS) is 12.9. The average Bonchev–Trinajstić information content (AvgIpc) is 3.60. The Morgan fingerprint density at radius 3 is 1.40 bits per heavy atom. The first-order valence-electron chi connectivity index (χ1n) is 14.3. The van der Waals surface area contributed by atoms with E-state index in [0.717, 1.165) is 56.7 Å². The Hall–Kier alpha value is -4.91. The lowest BCUT2D eigenvalue weighted by Crippen LogP contribution is -2.26. The molecule has 0 aliphatic rings. The molecule has 0 saturated heterocycles. The van der Waals surface area contributed by atoms with Crippen molar-refractivity contribution >= 4 is 17.1 Å². The van der Waals surface area contributed by atoms with E-state index >= 15 is 4.79 Å². The quantitative estimate of drug-likeness (QED) is 0.188. The first-order valence-corrected chi connectivity index (χ1v) is 14.3. The predicted molar refractivity (Wildman–Crippen MR) is 164 cm³/mol. The third kappa shape index (κ3) is 4.71. The van der Waals surface area contributed by atoms with Gasteiger partial charge in [0, 0.05) is 12.4 Å². The number of carbonyl (C=O) groups is 1. The number of Topliss-reactive ketones (excluding diaryl/α,β-unsaturated/α-hetero) is 1. The Bertz CT molecular complexity index is 1720. The number of aryl methyl sites for hydroxylation is 2. The zero-order valence-electron chi connectivity index (χ0n) is 24.3. The Kier molecular flexibility index (Phi) is 7.48. The Morgan fingerprint density at radius 2 is 1.05 bits per heavy atom. The monoisotopic (exact) mass is 558 g/mol. The van der Waals surface area contributed by atoms with Crippen molar-refractivity contribution in [2.24, 2.45) is 0 Å². The van der Waals surface area contributed by atoms with Crippen LogP contribution in [-0.2, 0) is 17.6 Å². The minimum absolute atomic E-state index is 0.0473. The van der Waals surface area contributed by atoms with Crippen LogP contribution in [0.15, 0.2) is 97.3 Å². The molecule has 0 aliphatic heterocycles. The summed E-state index contributed by atoms with van der Waals surface area (Å²) < 4.78 is 15.1. The van der Waals surface area contributed by atoms with Crippen LogP contribution in [0, 0.1) is 0 Å². The third-order valence-electron chi connectivity index (χ3n) is 7.97. The molecule has 0 amide bonds. The van der Waals surface area contributed by atoms with E-state index in [0.29, 0.717) is 12.8 Å². The molecule has 7 heteroatoms. The minimum atomic E-state index is -0.602. The molecule has 4 aromatic heterocycles. The molecule has 0 spiro atoms. The summed E-state index contributed by atoms with van der Waals surface area (Å²) in [4.78, 5) is 25.3. The summed E-state index contributed by atoms with van der Waals surface area (Å²) in [6.07, 6.45) is 5.38. The van der Waals surface area contributed by atoms with E-state index in [1.165, 1.54) is 0 Å². The van der Waals surface area contributed by atoms with Gasteiger partial charge in [0.05, 0.1) is 48.8 Å². The SMILES string of the molecule is CCc1nc2ccccn2c1C(C(=O)C(c1ccc(OC)cc1)c1c(CC)nc2ccccn12)c1ccc(OC)cc1. The number of ketones is 1. The van der Waals surface area contributed by atoms with Gasteiger partial charge in [-0.15, -0.1) is 0 Å². The maximum Gasteiger partial charge on any atom is 0.159 e. The number of pyridine rings is 2. The molecule has 0 fully saturated rings. The second kappa shape index (κ2) is 11.5. The number of benzene rings is 2. The van der Waals surface area contributed by atoms with Crippen LogP contribution >= 0.6 is 0 Å². The van der Waals surface area contributed by atoms with E-state index in [9.17, 15) is 0 Å². The van der Waals surface area contributed by atoms with Gasteiger partial charge in [-0.2, -0.15) is 0 Å². The highest BCUT2D eigenvalue weighted by Gasteiger charge is 2.38. The topological polar surface area (TPSA) is 70.1 Å². The van der Waals surface area contributed by atoms with Gasteiger partial charge in [-0.05, 0) is 72.5 Å². The van der Waals surface area contributed by atoms with Crippen molar-refractivity contribution in [2.75, 3.05) is 14.2 Å². The number of ether oxygens (including phenoxy) is 2. The number of rotatable bonds is 10. The fourth-order valence-electron chi connectivity index (χ4n) is 5.93. The molecule has 4 heterocycles. The first kappa shape index (κ1) is 27.3. The van der Waals surface area contributed by atoms with Crippen molar-refractivity contribution < 1.29 is 14.3 Å². The van der Waals surface area contributed by atoms with E-state index in [2.05, 4.69) is 22.6 Å². The minimum Gasteiger partial charge on any atom is -0.497 e. The van der Waals surface area contributed by atoms with Crippen molar-refractivity contribution in [2.45, 2.75) is 38.5 Å². The molecule has 6 aromatic rings. The molecular formula is C35H34N4O3. The molecule has 2 unspecified atom stereocenters. The number of hydrogen-bond donors (Lipinski definition) is 0. The van der Waals surface area contributed by atoms with Crippen molar-refractivity contribution in [1.82, 2.24) is 18.8 Å². The van der Waals surface area contributed by atoms with E-state index in [1.54, 1.807) is 14.2 Å². The largest absolute Gasteiger partial charge is 0.497 e. The van der Waals surface area contributed by atoms with Crippen molar-refractivity contribution in [1.29, 1.82) is 0 Å². The van der Waals surface area contributed by atoms with Gasteiger partial charge in [-0.3, -0.25) is 4.79 Å². The molecule has 2 aromatic carbocycles. The Morgan fingerprint density at radius 1 is 0.643 bits per heavy atom. The number of aromatic nitrogens is 4. The van der Waals surface area contributed by atoms with Crippen LogP contribution in [0.25, 0.3) is 11.3 Å². The smallest absolute Gasteiger partial charge is 0.159 e. The summed E-state index contributed by atoms with van der Waals surface area (Å²) in [5, 5.41) is 0. The lowest BCUT2D eigenvalue weighted by molar-refractivity contribution is -0.120. The average molecular weight is 559 g/mol. The summed E-state index contributed by atoms with van der Waals surface area (Å²) >= 11 is 0. The van der Waals surface area contributed by atoms with Crippen LogP contribution in [0.2, 0.25) is 0 Å². The molecule has 0 aliphatic carbocycles. The van der Waals surface area contributed by atoms with Crippen LogP contribution in [0.5, 0.6) is 11.5 Å². The number of fused-ring (bicyclic) bond motifs is 2. The highest BCUT2D eigenvalue weighted by atomic mass is 16.5. The molecule has 0 bridgehead atoms. The van der Waals surface area contributed by atoms with Gasteiger partial charge in [0.2, 0.25) is 0 Å². The molecule has 42 heavy (non-hydrogen) atoms. The Balaban J connectivity index is 1.64. The van der Waals surface area contributed by atoms with Crippen molar-refractivity contribution in [3.05, 3.63) is 131 Å². The zero-order chi connectivity index (χ0) is 29.2. The lowest BCUT2D eigenvalue weighted by Gasteiger charge is -2.25. The van der Waals surface area contributed by atoms with Gasteiger partial charge >= 0.3 is 0 Å². The molecule has 2 atom stereocenters. The number of nitrogens with zero attached hydrogens (tertiary/aromatic N) is 4. The summed E-state index contributed by atoms with van der Waals surface area (Å²) in [5.41, 5.74) is 6.97. The highest BCUT2D eigenvalue weighted by molar-refractivity contribution is 5.97. The number of carbonyl (C=O) groups excluding carboxylic acids is 1. The molecule has 212 valence electrons. The zero-order valence-corrected chi connectivity index (χ0v) is 24.3. The fourth-order valence-corrected chi connectivity index (χ4v) is 5.93. The molecule has 0 N–H and O–H groups in total. The van der Waals surface area contributed by atoms with Gasteiger partial charge in [-0.1, -0.05) is 50.2 Å². The number of methoxy groups -OCH3 is 2. The van der Waals surface area contributed by atoms with Crippen molar-refractivity contribution in [3.63, 3.8) is 0 Å². The summed E-state index contributed by atoms with van der Waals surface area (Å²) in [6, 6.07) is 27.5. The van der Waals surface area contributed by atoms with Gasteiger partial charge in [0.25, 0.3) is 0 Å². The maximum absolute atomic E-state index is 15.4. The van der Waals surface area contributed by atoms with Crippen LogP contribution in [0.3, 0.4) is 0 Å². The number of hydrogen-bond acceptors (Lipinski definition) is 5. The van der Waals surface area contributed by atoms with Crippen LogP contribution in [-0.4, -0.2) is 38.8 Å². The first-order chi connectivity index (χ1) is 20.6. The van der Waals surface area contributed by atoms with E-state index < -0.39 is 11.8 Å². The van der Waals surface area contributed by atoms with Gasteiger partial charge in [0.1, 0.15) is 22.8 Å². The molecule has 0 saturated carbocycles. The molecule has 7 nitrogen and oxygen atoms in total. The van der Waals surface area contributed by atoms with Gasteiger partial charge in [0.15, 0.2) is 5.78 Å². The second-order valence-electron chi connectivity index (χ2n) is 10.3. The van der Waals surface area contributed by atoms with Crippen LogP contribution in [0.4, 0.5) is 0 Å². The summed E-state index contributed by atoms with van der Waals surface area (Å²) in [6.45, 7) is 4.17. The lowest BCUT2D eigenvalue weighted by atomic mass is 9.79. The van der Waals surface area contributed by atoms with E-state index in [4.69, 9.17) is 19.4 Å². The highest BCUT2D eigenvalue weighted by Crippen LogP contribution is 2.40. The Labute approximate surface area is 245 Å². The molecule has 0 radical (unpaired) electrons. The van der Waals surface area contributed by atoms with Crippen LogP contribution in [0.1, 0.15) is 59.6 Å². The predicted octanol–water partition coefficient (Wildman–Crippen LogP) is 6.66. The second-order valence-corrected chi connectivity index (χ2v) is 10.3. The molecule has 6 rings (SSSR count). The van der Waals surface area contributed by atoms with Gasteiger partial charge in [-0.25, -0.2) is 9.97 Å². The third-order valence-corrected chi connectivity index (χ3v) is 7.97. The standard InChI is InChI=1S/C35H34N4O3/c1-5-27-33(38-21-9-7-11-29(38)36-27)31(23-13-17-25(41-3)18-14-23)35(40)32(24-15-19-26(42-4)20-16-24)34-28(6-2)37-30-12-8-10-22-39(30)34/h7-22,31-32H,5-6H2,1-4H3. The maximum atomic E-state index is 15.4. The van der Waals surface area contributed by atoms with Crippen LogP contribution < -0.4 is 9.47 Å². The van der Waals surface area contributed by atoms with E-state index in [1.807, 2.05) is 97.3 Å². The van der Waals surface area contributed by atoms with E-state index in [-0.39, 0.29) is 5.78 Å².